The highest BCUT2D eigenvalue weighted by Crippen LogP contribution is 2.26. The highest BCUT2D eigenvalue weighted by atomic mass is 19.1. The van der Waals surface area contributed by atoms with Crippen LogP contribution in [0.1, 0.15) is 19.4 Å². The van der Waals surface area contributed by atoms with E-state index in [1.165, 1.54) is 13.0 Å². The minimum atomic E-state index is -1.76. The van der Waals surface area contributed by atoms with Gasteiger partial charge in [0.25, 0.3) is 0 Å². The molecule has 0 amide bonds. The SMILES string of the molecule is CCN[C@@](C)(C(=O)O)c1c(F)cccc1F. The van der Waals surface area contributed by atoms with Gasteiger partial charge in [-0.15, -0.1) is 0 Å². The van der Waals surface area contributed by atoms with Crippen LogP contribution in [0.3, 0.4) is 0 Å². The van der Waals surface area contributed by atoms with Gasteiger partial charge in [0.15, 0.2) is 0 Å². The van der Waals surface area contributed by atoms with Gasteiger partial charge in [-0.25, -0.2) is 13.6 Å². The number of nitrogens with one attached hydrogen (secondary N) is 1. The van der Waals surface area contributed by atoms with Crippen molar-refractivity contribution in [1.29, 1.82) is 0 Å². The molecule has 16 heavy (non-hydrogen) atoms. The summed E-state index contributed by atoms with van der Waals surface area (Å²) in [4.78, 5) is 11.1. The Labute approximate surface area is 92.1 Å². The van der Waals surface area contributed by atoms with E-state index in [0.717, 1.165) is 12.1 Å². The Bertz CT molecular complexity index is 389. The van der Waals surface area contributed by atoms with Crippen molar-refractivity contribution in [3.63, 3.8) is 0 Å². The van der Waals surface area contributed by atoms with Crippen molar-refractivity contribution in [2.24, 2.45) is 0 Å². The predicted molar refractivity (Wildman–Crippen MR) is 55.0 cm³/mol. The van der Waals surface area contributed by atoms with Crippen molar-refractivity contribution in [1.82, 2.24) is 5.32 Å². The number of halogens is 2. The Morgan fingerprint density at radius 2 is 1.94 bits per heavy atom. The van der Waals surface area contributed by atoms with Gasteiger partial charge in [-0.3, -0.25) is 5.32 Å². The smallest absolute Gasteiger partial charge is 0.328 e. The lowest BCUT2D eigenvalue weighted by atomic mass is 9.91. The molecule has 1 atom stereocenters. The highest BCUT2D eigenvalue weighted by Gasteiger charge is 2.39. The zero-order valence-corrected chi connectivity index (χ0v) is 9.05. The van der Waals surface area contributed by atoms with Gasteiger partial charge in [0, 0.05) is 0 Å². The van der Waals surface area contributed by atoms with Crippen molar-refractivity contribution >= 4 is 5.97 Å². The molecule has 0 heterocycles. The number of hydrogen-bond donors (Lipinski definition) is 2. The lowest BCUT2D eigenvalue weighted by molar-refractivity contribution is -0.144. The van der Waals surface area contributed by atoms with E-state index in [1.54, 1.807) is 6.92 Å². The van der Waals surface area contributed by atoms with Gasteiger partial charge in [-0.1, -0.05) is 13.0 Å². The van der Waals surface area contributed by atoms with E-state index in [4.69, 9.17) is 5.11 Å². The number of benzene rings is 1. The van der Waals surface area contributed by atoms with E-state index in [0.29, 0.717) is 0 Å². The standard InChI is InChI=1S/C11H13F2NO2/c1-3-14-11(2,10(15)16)9-7(12)5-4-6-8(9)13/h4-6,14H,3H2,1-2H3,(H,15,16)/t11-/m1/s1. The maximum absolute atomic E-state index is 13.5. The molecule has 0 saturated heterocycles. The zero-order chi connectivity index (χ0) is 12.3. The fraction of sp³-hybridized carbons (Fsp3) is 0.364. The third-order valence-corrected chi connectivity index (χ3v) is 2.42. The first-order valence-corrected chi connectivity index (χ1v) is 4.86. The minimum absolute atomic E-state index is 0.288. The maximum Gasteiger partial charge on any atom is 0.328 e. The number of likely N-dealkylation sites (N-methyl/N-ethyl adjacent to an activating group) is 1. The van der Waals surface area contributed by atoms with E-state index in [2.05, 4.69) is 5.32 Å². The molecule has 0 bridgehead atoms. The third kappa shape index (κ3) is 2.04. The lowest BCUT2D eigenvalue weighted by Crippen LogP contribution is -2.47. The molecule has 0 aliphatic rings. The third-order valence-electron chi connectivity index (χ3n) is 2.42. The first kappa shape index (κ1) is 12.6. The summed E-state index contributed by atoms with van der Waals surface area (Å²) >= 11 is 0. The molecule has 1 aromatic carbocycles. The molecule has 0 aliphatic heterocycles. The van der Waals surface area contributed by atoms with Gasteiger partial charge < -0.3 is 5.11 Å². The molecular formula is C11H13F2NO2. The fourth-order valence-corrected chi connectivity index (χ4v) is 1.60. The molecule has 5 heteroatoms. The number of rotatable bonds is 4. The predicted octanol–water partition coefficient (Wildman–Crippen LogP) is 1.87. The van der Waals surface area contributed by atoms with E-state index in [9.17, 15) is 13.6 Å². The number of carboxylic acid groups (broad SMARTS) is 1. The largest absolute Gasteiger partial charge is 0.480 e. The Hall–Kier alpha value is -1.49. The zero-order valence-electron chi connectivity index (χ0n) is 9.05. The summed E-state index contributed by atoms with van der Waals surface area (Å²) < 4.78 is 27.0. The summed E-state index contributed by atoms with van der Waals surface area (Å²) in [7, 11) is 0. The van der Waals surface area contributed by atoms with Crippen LogP contribution < -0.4 is 5.32 Å². The lowest BCUT2D eigenvalue weighted by Gasteiger charge is -2.26. The van der Waals surface area contributed by atoms with Crippen LogP contribution in [-0.4, -0.2) is 17.6 Å². The molecule has 3 nitrogen and oxygen atoms in total. The molecule has 1 aromatic rings. The highest BCUT2D eigenvalue weighted by molar-refractivity contribution is 5.80. The second-order valence-corrected chi connectivity index (χ2v) is 3.56. The van der Waals surface area contributed by atoms with Crippen LogP contribution in [0.5, 0.6) is 0 Å². The molecule has 1 rings (SSSR count). The maximum atomic E-state index is 13.5. The van der Waals surface area contributed by atoms with Gasteiger partial charge in [0.2, 0.25) is 0 Å². The topological polar surface area (TPSA) is 49.3 Å². The quantitative estimate of drug-likeness (QED) is 0.828. The molecule has 0 aliphatic carbocycles. The fourth-order valence-electron chi connectivity index (χ4n) is 1.60. The summed E-state index contributed by atoms with van der Waals surface area (Å²) in [5.41, 5.74) is -2.23. The Morgan fingerprint density at radius 1 is 1.44 bits per heavy atom. The van der Waals surface area contributed by atoms with E-state index in [-0.39, 0.29) is 6.54 Å². The molecule has 0 saturated carbocycles. The molecule has 0 radical (unpaired) electrons. The van der Waals surface area contributed by atoms with E-state index in [1.807, 2.05) is 0 Å². The molecule has 0 fully saturated rings. The average molecular weight is 229 g/mol. The van der Waals surface area contributed by atoms with Gasteiger partial charge in [0.1, 0.15) is 17.2 Å². The number of aliphatic carboxylic acids is 1. The number of hydrogen-bond acceptors (Lipinski definition) is 2. The van der Waals surface area contributed by atoms with Gasteiger partial charge >= 0.3 is 5.97 Å². The van der Waals surface area contributed by atoms with Crippen LogP contribution in [-0.2, 0) is 10.3 Å². The summed E-state index contributed by atoms with van der Waals surface area (Å²) in [5.74, 6) is -3.06. The summed E-state index contributed by atoms with van der Waals surface area (Å²) in [5, 5.41) is 11.6. The second kappa shape index (κ2) is 4.57. The molecule has 0 spiro atoms. The first-order valence-electron chi connectivity index (χ1n) is 4.86. The number of carbonyl (C=O) groups is 1. The summed E-state index contributed by atoms with van der Waals surface area (Å²) in [6.07, 6.45) is 0. The van der Waals surface area contributed by atoms with Crippen molar-refractivity contribution in [2.75, 3.05) is 6.54 Å². The molecule has 2 N–H and O–H groups in total. The van der Waals surface area contributed by atoms with Gasteiger partial charge in [0.05, 0.1) is 5.56 Å². The summed E-state index contributed by atoms with van der Waals surface area (Å²) in [6, 6.07) is 3.27. The molecule has 88 valence electrons. The second-order valence-electron chi connectivity index (χ2n) is 3.56. The van der Waals surface area contributed by atoms with E-state index < -0.39 is 28.7 Å². The van der Waals surface area contributed by atoms with Crippen LogP contribution in [0.25, 0.3) is 0 Å². The number of carboxylic acids is 1. The Morgan fingerprint density at radius 3 is 2.31 bits per heavy atom. The first-order chi connectivity index (χ1) is 7.43. The van der Waals surface area contributed by atoms with Gasteiger partial charge in [-0.2, -0.15) is 0 Å². The van der Waals surface area contributed by atoms with Crippen LogP contribution in [0.4, 0.5) is 8.78 Å². The Kier molecular flexibility index (Phi) is 3.59. The summed E-state index contributed by atoms with van der Waals surface area (Å²) in [6.45, 7) is 3.19. The van der Waals surface area contributed by atoms with Crippen molar-refractivity contribution < 1.29 is 18.7 Å². The Balaban J connectivity index is 3.37. The van der Waals surface area contributed by atoms with Crippen LogP contribution in [0, 0.1) is 11.6 Å². The average Bonchev–Trinajstić information content (AvgIpc) is 2.17. The van der Waals surface area contributed by atoms with Crippen LogP contribution >= 0.6 is 0 Å². The molecular weight excluding hydrogens is 216 g/mol. The van der Waals surface area contributed by atoms with E-state index >= 15 is 0 Å². The normalized spacial score (nSPS) is 14.5. The molecule has 0 aromatic heterocycles. The monoisotopic (exact) mass is 229 g/mol. The van der Waals surface area contributed by atoms with Crippen LogP contribution in [0.2, 0.25) is 0 Å². The van der Waals surface area contributed by atoms with Crippen molar-refractivity contribution in [2.45, 2.75) is 19.4 Å². The van der Waals surface area contributed by atoms with Crippen molar-refractivity contribution in [3.05, 3.63) is 35.4 Å². The van der Waals surface area contributed by atoms with Gasteiger partial charge in [-0.05, 0) is 25.6 Å². The minimum Gasteiger partial charge on any atom is -0.480 e. The van der Waals surface area contributed by atoms with Crippen LogP contribution in [0.15, 0.2) is 18.2 Å². The molecule has 0 unspecified atom stereocenters. The van der Waals surface area contributed by atoms with Crippen molar-refractivity contribution in [3.8, 4) is 0 Å².